The first-order valence-electron chi connectivity index (χ1n) is 4.99. The van der Waals surface area contributed by atoms with Gasteiger partial charge in [-0.25, -0.2) is 4.98 Å². The highest BCUT2D eigenvalue weighted by molar-refractivity contribution is 9.10. The Labute approximate surface area is 101 Å². The van der Waals surface area contributed by atoms with Crippen molar-refractivity contribution >= 4 is 43.6 Å². The number of halogens is 1. The fourth-order valence-electron chi connectivity index (χ4n) is 2.06. The van der Waals surface area contributed by atoms with Gasteiger partial charge in [-0.05, 0) is 25.1 Å². The Kier molecular flexibility index (Phi) is 1.94. The molecule has 1 aromatic carbocycles. The number of anilines is 1. The summed E-state index contributed by atoms with van der Waals surface area (Å²) in [5, 5.41) is 2.31. The van der Waals surface area contributed by atoms with Crippen molar-refractivity contribution in [3.63, 3.8) is 0 Å². The van der Waals surface area contributed by atoms with E-state index in [1.54, 1.807) is 0 Å². The molecule has 0 spiro atoms. The molecule has 3 aromatic rings. The summed E-state index contributed by atoms with van der Waals surface area (Å²) in [4.78, 5) is 7.62. The number of aryl methyl sites for hydroxylation is 1. The number of H-pyrrole nitrogens is 1. The fourth-order valence-corrected chi connectivity index (χ4v) is 2.42. The Morgan fingerprint density at radius 2 is 2.06 bits per heavy atom. The Balaban J connectivity index is 2.55. The van der Waals surface area contributed by atoms with E-state index in [1.807, 2.05) is 19.1 Å². The number of nitrogens with one attached hydrogen (secondary N) is 1. The second-order valence-corrected chi connectivity index (χ2v) is 4.79. The highest BCUT2D eigenvalue weighted by Gasteiger charge is 2.08. The summed E-state index contributed by atoms with van der Waals surface area (Å²) < 4.78 is 1.06. The van der Waals surface area contributed by atoms with Crippen LogP contribution in [0.1, 0.15) is 5.69 Å². The number of benzene rings is 1. The van der Waals surface area contributed by atoms with Crippen molar-refractivity contribution in [2.45, 2.75) is 6.92 Å². The van der Waals surface area contributed by atoms with Crippen LogP contribution in [0.3, 0.4) is 0 Å². The van der Waals surface area contributed by atoms with Crippen LogP contribution >= 0.6 is 15.9 Å². The minimum atomic E-state index is 0.564. The second-order valence-electron chi connectivity index (χ2n) is 3.87. The quantitative estimate of drug-likeness (QED) is 0.661. The second kappa shape index (κ2) is 3.22. The van der Waals surface area contributed by atoms with Gasteiger partial charge in [-0.3, -0.25) is 0 Å². The maximum absolute atomic E-state index is 5.77. The van der Waals surface area contributed by atoms with E-state index in [2.05, 4.69) is 38.0 Å². The van der Waals surface area contributed by atoms with Crippen LogP contribution in [-0.4, -0.2) is 9.97 Å². The minimum Gasteiger partial charge on any atom is -0.384 e. The number of pyridine rings is 1. The summed E-state index contributed by atoms with van der Waals surface area (Å²) in [6.45, 7) is 1.96. The van der Waals surface area contributed by atoms with Crippen LogP contribution in [0.15, 0.2) is 28.7 Å². The van der Waals surface area contributed by atoms with E-state index in [1.165, 1.54) is 5.39 Å². The maximum atomic E-state index is 5.77. The normalized spacial score (nSPS) is 11.4. The van der Waals surface area contributed by atoms with E-state index >= 15 is 0 Å². The van der Waals surface area contributed by atoms with Crippen LogP contribution in [-0.2, 0) is 0 Å². The van der Waals surface area contributed by atoms with E-state index < -0.39 is 0 Å². The molecular weight excluding hydrogens is 266 g/mol. The highest BCUT2D eigenvalue weighted by atomic mass is 79.9. The van der Waals surface area contributed by atoms with Gasteiger partial charge in [0.05, 0.1) is 11.2 Å². The summed E-state index contributed by atoms with van der Waals surface area (Å²) >= 11 is 3.46. The van der Waals surface area contributed by atoms with Gasteiger partial charge in [0.25, 0.3) is 0 Å². The number of nitrogens with zero attached hydrogens (tertiary/aromatic N) is 1. The molecule has 0 aliphatic carbocycles. The number of hydrogen-bond donors (Lipinski definition) is 2. The van der Waals surface area contributed by atoms with Crippen LogP contribution in [0.4, 0.5) is 5.82 Å². The van der Waals surface area contributed by atoms with Crippen molar-refractivity contribution in [2.24, 2.45) is 0 Å². The predicted molar refractivity (Wildman–Crippen MR) is 70.4 cm³/mol. The molecule has 4 heteroatoms. The lowest BCUT2D eigenvalue weighted by atomic mass is 10.1. The molecule has 0 aliphatic rings. The third-order valence-corrected chi connectivity index (χ3v) is 3.24. The van der Waals surface area contributed by atoms with Gasteiger partial charge in [-0.2, -0.15) is 0 Å². The summed E-state index contributed by atoms with van der Waals surface area (Å²) in [6, 6.07) is 8.08. The largest absolute Gasteiger partial charge is 0.384 e. The molecule has 0 saturated heterocycles. The minimum absolute atomic E-state index is 0.564. The summed E-state index contributed by atoms with van der Waals surface area (Å²) in [5.41, 5.74) is 8.86. The van der Waals surface area contributed by atoms with Crippen molar-refractivity contribution in [1.82, 2.24) is 9.97 Å². The number of aromatic amines is 1. The zero-order chi connectivity index (χ0) is 11.3. The smallest absolute Gasteiger partial charge is 0.124 e. The summed E-state index contributed by atoms with van der Waals surface area (Å²) in [7, 11) is 0. The van der Waals surface area contributed by atoms with Crippen molar-refractivity contribution < 1.29 is 0 Å². The number of hydrogen-bond acceptors (Lipinski definition) is 2. The van der Waals surface area contributed by atoms with Crippen LogP contribution in [0, 0.1) is 6.92 Å². The highest BCUT2D eigenvalue weighted by Crippen LogP contribution is 2.29. The topological polar surface area (TPSA) is 54.7 Å². The Morgan fingerprint density at radius 1 is 1.25 bits per heavy atom. The molecule has 2 heterocycles. The molecule has 16 heavy (non-hydrogen) atoms. The standard InChI is InChI=1S/C12H10BrN3/c1-6-12-9(5-11(14)15-6)8-3-2-7(13)4-10(8)16-12/h2-5,16H,1H3,(H2,14,15). The molecule has 80 valence electrons. The molecule has 0 aliphatic heterocycles. The van der Waals surface area contributed by atoms with Crippen LogP contribution in [0.25, 0.3) is 21.8 Å². The Morgan fingerprint density at radius 3 is 2.88 bits per heavy atom. The molecular formula is C12H10BrN3. The molecule has 0 bridgehead atoms. The maximum Gasteiger partial charge on any atom is 0.124 e. The van der Waals surface area contributed by atoms with Gasteiger partial charge >= 0.3 is 0 Å². The van der Waals surface area contributed by atoms with Gasteiger partial charge in [-0.15, -0.1) is 0 Å². The van der Waals surface area contributed by atoms with E-state index in [9.17, 15) is 0 Å². The SMILES string of the molecule is Cc1nc(N)cc2c1[nH]c1cc(Br)ccc12. The lowest BCUT2D eigenvalue weighted by molar-refractivity contribution is 1.23. The van der Waals surface area contributed by atoms with Crippen LogP contribution in [0.2, 0.25) is 0 Å². The number of aromatic nitrogens is 2. The van der Waals surface area contributed by atoms with Crippen molar-refractivity contribution in [1.29, 1.82) is 0 Å². The van der Waals surface area contributed by atoms with Gasteiger partial charge in [0.2, 0.25) is 0 Å². The monoisotopic (exact) mass is 275 g/mol. The lowest BCUT2D eigenvalue weighted by Crippen LogP contribution is -1.92. The van der Waals surface area contributed by atoms with Gasteiger partial charge in [0.15, 0.2) is 0 Å². The molecule has 3 N–H and O–H groups in total. The van der Waals surface area contributed by atoms with Crippen molar-refractivity contribution in [3.05, 3.63) is 34.4 Å². The number of nitrogens with two attached hydrogens (primary N) is 1. The lowest BCUT2D eigenvalue weighted by Gasteiger charge is -1.97. The summed E-state index contributed by atoms with van der Waals surface area (Å²) in [5.74, 6) is 0.564. The molecule has 0 atom stereocenters. The van der Waals surface area contributed by atoms with Gasteiger partial charge < -0.3 is 10.7 Å². The fraction of sp³-hybridized carbons (Fsp3) is 0.0833. The Bertz CT molecular complexity index is 700. The van der Waals surface area contributed by atoms with Gasteiger partial charge in [0.1, 0.15) is 5.82 Å². The first-order valence-corrected chi connectivity index (χ1v) is 5.78. The van der Waals surface area contributed by atoms with Crippen LogP contribution < -0.4 is 5.73 Å². The third kappa shape index (κ3) is 1.30. The van der Waals surface area contributed by atoms with E-state index in [0.717, 1.165) is 26.6 Å². The van der Waals surface area contributed by atoms with E-state index in [4.69, 9.17) is 5.73 Å². The van der Waals surface area contributed by atoms with Crippen LogP contribution in [0.5, 0.6) is 0 Å². The summed E-state index contributed by atoms with van der Waals surface area (Å²) in [6.07, 6.45) is 0. The molecule has 3 nitrogen and oxygen atoms in total. The molecule has 0 unspecified atom stereocenters. The molecule has 3 rings (SSSR count). The molecule has 0 amide bonds. The van der Waals surface area contributed by atoms with Gasteiger partial charge in [-0.1, -0.05) is 22.0 Å². The third-order valence-electron chi connectivity index (χ3n) is 2.75. The number of fused-ring (bicyclic) bond motifs is 3. The van der Waals surface area contributed by atoms with E-state index in [-0.39, 0.29) is 0 Å². The molecule has 2 aromatic heterocycles. The van der Waals surface area contributed by atoms with E-state index in [0.29, 0.717) is 5.82 Å². The molecule has 0 saturated carbocycles. The van der Waals surface area contributed by atoms with Gasteiger partial charge in [0, 0.05) is 20.8 Å². The average Bonchev–Trinajstić information content (AvgIpc) is 2.56. The average molecular weight is 276 g/mol. The first kappa shape index (κ1) is 9.66. The molecule has 0 fully saturated rings. The van der Waals surface area contributed by atoms with Crippen molar-refractivity contribution in [2.75, 3.05) is 5.73 Å². The number of rotatable bonds is 0. The molecule has 0 radical (unpaired) electrons. The zero-order valence-corrected chi connectivity index (χ0v) is 10.3. The Hall–Kier alpha value is -1.55. The zero-order valence-electron chi connectivity index (χ0n) is 8.71. The first-order chi connectivity index (χ1) is 7.65. The number of nitrogen functional groups attached to an aromatic ring is 1. The predicted octanol–water partition coefficient (Wildman–Crippen LogP) is 3.37. The van der Waals surface area contributed by atoms with Crippen molar-refractivity contribution in [3.8, 4) is 0 Å².